The first-order chi connectivity index (χ1) is 12.2. The van der Waals surface area contributed by atoms with Crippen LogP contribution in [0.1, 0.15) is 50.1 Å². The molecular formula is C19H25N2O3S2-. The normalized spacial score (nSPS) is 16.3. The Morgan fingerprint density at radius 2 is 2.04 bits per heavy atom. The zero-order chi connectivity index (χ0) is 19.4. The summed E-state index contributed by atoms with van der Waals surface area (Å²) in [6.45, 7) is 9.91. The number of hydrogen-bond acceptors (Lipinski definition) is 5. The third kappa shape index (κ3) is 4.98. The molecule has 0 spiro atoms. The van der Waals surface area contributed by atoms with Crippen molar-refractivity contribution in [2.75, 3.05) is 6.54 Å². The molecule has 2 rings (SSSR count). The Morgan fingerprint density at radius 1 is 1.35 bits per heavy atom. The second-order valence-corrected chi connectivity index (χ2v) is 8.67. The summed E-state index contributed by atoms with van der Waals surface area (Å²) in [7, 11) is 0. The van der Waals surface area contributed by atoms with Crippen molar-refractivity contribution in [2.45, 2.75) is 53.5 Å². The quantitative estimate of drug-likeness (QED) is 0.386. The highest BCUT2D eigenvalue weighted by Gasteiger charge is 2.31. The molecule has 1 aromatic rings. The molecule has 1 fully saturated rings. The maximum Gasteiger partial charge on any atom is 0.266 e. The second kappa shape index (κ2) is 8.86. The van der Waals surface area contributed by atoms with Gasteiger partial charge in [-0.2, -0.15) is 0 Å². The number of carbonyl (C=O) groups excluding carboxylic acids is 2. The molecule has 0 radical (unpaired) electrons. The van der Waals surface area contributed by atoms with Crippen LogP contribution >= 0.6 is 24.0 Å². The van der Waals surface area contributed by atoms with Crippen LogP contribution in [-0.4, -0.2) is 32.2 Å². The van der Waals surface area contributed by atoms with Crippen LogP contribution in [0.2, 0.25) is 0 Å². The van der Waals surface area contributed by atoms with Gasteiger partial charge in [-0.1, -0.05) is 37.8 Å². The van der Waals surface area contributed by atoms with E-state index in [-0.39, 0.29) is 12.3 Å². The summed E-state index contributed by atoms with van der Waals surface area (Å²) in [5, 5.41) is 10.5. The van der Waals surface area contributed by atoms with Crippen molar-refractivity contribution in [3.63, 3.8) is 0 Å². The summed E-state index contributed by atoms with van der Waals surface area (Å²) in [6, 6.07) is 2.10. The third-order valence-electron chi connectivity index (χ3n) is 4.33. The fourth-order valence-corrected chi connectivity index (χ4v) is 4.29. The van der Waals surface area contributed by atoms with Gasteiger partial charge in [0.25, 0.3) is 5.91 Å². The van der Waals surface area contributed by atoms with Gasteiger partial charge in [0.2, 0.25) is 0 Å². The van der Waals surface area contributed by atoms with Crippen LogP contribution in [0.15, 0.2) is 11.0 Å². The van der Waals surface area contributed by atoms with E-state index >= 15 is 0 Å². The Morgan fingerprint density at radius 3 is 2.65 bits per heavy atom. The van der Waals surface area contributed by atoms with Crippen LogP contribution < -0.4 is 5.11 Å². The van der Waals surface area contributed by atoms with E-state index in [1.807, 2.05) is 6.08 Å². The molecule has 0 aromatic carbocycles. The molecular weight excluding hydrogens is 368 g/mol. The Balaban J connectivity index is 2.11. The number of amides is 1. The van der Waals surface area contributed by atoms with E-state index in [0.717, 1.165) is 17.8 Å². The molecule has 0 saturated carbocycles. The van der Waals surface area contributed by atoms with Crippen LogP contribution in [0.25, 0.3) is 6.08 Å². The Labute approximate surface area is 164 Å². The molecule has 0 N–H and O–H groups in total. The van der Waals surface area contributed by atoms with Gasteiger partial charge in [0.15, 0.2) is 0 Å². The number of carbonyl (C=O) groups is 2. The lowest BCUT2D eigenvalue weighted by atomic mass is 10.2. The third-order valence-corrected chi connectivity index (χ3v) is 5.71. The molecule has 1 saturated heterocycles. The summed E-state index contributed by atoms with van der Waals surface area (Å²) in [4.78, 5) is 25.3. The van der Waals surface area contributed by atoms with Gasteiger partial charge >= 0.3 is 0 Å². The maximum atomic E-state index is 12.6. The highest BCUT2D eigenvalue weighted by Crippen LogP contribution is 2.33. The van der Waals surface area contributed by atoms with Crippen LogP contribution in [0.5, 0.6) is 0 Å². The molecule has 1 aromatic heterocycles. The fraction of sp³-hybridized carbons (Fsp3) is 0.526. The molecule has 7 heteroatoms. The molecule has 2 heterocycles. The number of aromatic nitrogens is 1. The van der Waals surface area contributed by atoms with Crippen LogP contribution in [-0.2, 0) is 16.1 Å². The summed E-state index contributed by atoms with van der Waals surface area (Å²) >= 11 is 6.64. The summed E-state index contributed by atoms with van der Waals surface area (Å²) in [5.41, 5.74) is 3.37. The Kier molecular flexibility index (Phi) is 7.06. The van der Waals surface area contributed by atoms with Gasteiger partial charge in [-0.15, -0.1) is 0 Å². The molecule has 1 amide bonds. The van der Waals surface area contributed by atoms with Crippen LogP contribution in [0.4, 0.5) is 0 Å². The lowest BCUT2D eigenvalue weighted by molar-refractivity contribution is -0.305. The highest BCUT2D eigenvalue weighted by molar-refractivity contribution is 8.26. The number of hydrogen-bond donors (Lipinski definition) is 0. The molecule has 142 valence electrons. The van der Waals surface area contributed by atoms with Gasteiger partial charge in [-0.3, -0.25) is 9.69 Å². The summed E-state index contributed by atoms with van der Waals surface area (Å²) < 4.78 is 2.81. The lowest BCUT2D eigenvalue weighted by Gasteiger charge is -2.14. The minimum Gasteiger partial charge on any atom is -0.550 e. The van der Waals surface area contributed by atoms with Gasteiger partial charge in [-0.05, 0) is 56.7 Å². The number of rotatable bonds is 8. The van der Waals surface area contributed by atoms with Gasteiger partial charge in [-0.25, -0.2) is 0 Å². The molecule has 0 bridgehead atoms. The van der Waals surface area contributed by atoms with E-state index in [0.29, 0.717) is 34.5 Å². The van der Waals surface area contributed by atoms with Crippen molar-refractivity contribution in [1.29, 1.82) is 0 Å². The van der Waals surface area contributed by atoms with Crippen molar-refractivity contribution in [3.05, 3.63) is 27.9 Å². The fourth-order valence-electron chi connectivity index (χ4n) is 2.99. The van der Waals surface area contributed by atoms with E-state index < -0.39 is 5.97 Å². The SMILES string of the molecule is Cc1cc(/C=C2\SC(=S)N(CCCCC(=O)[O-])C2=O)c(C)n1CC(C)C. The highest BCUT2D eigenvalue weighted by atomic mass is 32.2. The monoisotopic (exact) mass is 393 g/mol. The first-order valence-electron chi connectivity index (χ1n) is 8.82. The van der Waals surface area contributed by atoms with Gasteiger partial charge in [0.05, 0.1) is 4.91 Å². The van der Waals surface area contributed by atoms with Crippen molar-refractivity contribution in [1.82, 2.24) is 9.47 Å². The number of carboxylic acid groups (broad SMARTS) is 1. The number of carboxylic acids is 1. The summed E-state index contributed by atoms with van der Waals surface area (Å²) in [5.74, 6) is -0.610. The number of unbranched alkanes of at least 4 members (excludes halogenated alkanes) is 1. The molecule has 0 unspecified atom stereocenters. The van der Waals surface area contributed by atoms with Crippen LogP contribution in [0.3, 0.4) is 0 Å². The first kappa shape index (κ1) is 20.7. The smallest absolute Gasteiger partial charge is 0.266 e. The average Bonchev–Trinajstić information content (AvgIpc) is 2.95. The van der Waals surface area contributed by atoms with Crippen molar-refractivity contribution < 1.29 is 14.7 Å². The molecule has 5 nitrogen and oxygen atoms in total. The molecule has 0 atom stereocenters. The van der Waals surface area contributed by atoms with E-state index in [9.17, 15) is 14.7 Å². The topological polar surface area (TPSA) is 65.4 Å². The first-order valence-corrected chi connectivity index (χ1v) is 10.0. The minimum absolute atomic E-state index is 0.00642. The van der Waals surface area contributed by atoms with Crippen LogP contribution in [0, 0.1) is 19.8 Å². The average molecular weight is 394 g/mol. The van der Waals surface area contributed by atoms with Gasteiger partial charge in [0.1, 0.15) is 4.32 Å². The minimum atomic E-state index is -1.06. The molecule has 26 heavy (non-hydrogen) atoms. The number of thiocarbonyl (C=S) groups is 1. The standard InChI is InChI=1S/C19H26N2O3S2/c1-12(2)11-21-13(3)9-15(14(21)4)10-16-18(24)20(19(25)26-16)8-6-5-7-17(22)23/h9-10,12H,5-8,11H2,1-4H3,(H,22,23)/p-1/b16-10-. The van der Waals surface area contributed by atoms with E-state index in [4.69, 9.17) is 12.2 Å². The Bertz CT molecular complexity index is 750. The summed E-state index contributed by atoms with van der Waals surface area (Å²) in [6.07, 6.45) is 3.00. The Hall–Kier alpha value is -1.60. The number of nitrogens with zero attached hydrogens (tertiary/aromatic N) is 2. The molecule has 1 aliphatic rings. The van der Waals surface area contributed by atoms with Gasteiger partial charge in [0, 0.05) is 30.4 Å². The number of thioether (sulfide) groups is 1. The predicted molar refractivity (Wildman–Crippen MR) is 107 cm³/mol. The number of aliphatic carboxylic acids is 1. The number of aryl methyl sites for hydroxylation is 1. The molecule has 0 aliphatic carbocycles. The van der Waals surface area contributed by atoms with Crippen molar-refractivity contribution in [2.24, 2.45) is 5.92 Å². The van der Waals surface area contributed by atoms with Gasteiger partial charge < -0.3 is 14.5 Å². The zero-order valence-corrected chi connectivity index (χ0v) is 17.3. The van der Waals surface area contributed by atoms with E-state index in [1.165, 1.54) is 17.5 Å². The zero-order valence-electron chi connectivity index (χ0n) is 15.7. The van der Waals surface area contributed by atoms with E-state index in [2.05, 4.69) is 38.3 Å². The van der Waals surface area contributed by atoms with Crippen molar-refractivity contribution in [3.8, 4) is 0 Å². The van der Waals surface area contributed by atoms with E-state index in [1.54, 1.807) is 4.90 Å². The predicted octanol–water partition coefficient (Wildman–Crippen LogP) is 2.88. The molecule has 1 aliphatic heterocycles. The lowest BCUT2D eigenvalue weighted by Crippen LogP contribution is -2.29. The largest absolute Gasteiger partial charge is 0.550 e. The second-order valence-electron chi connectivity index (χ2n) is 6.99. The maximum absolute atomic E-state index is 12.6. The van der Waals surface area contributed by atoms with Crippen molar-refractivity contribution >= 4 is 46.3 Å².